The van der Waals surface area contributed by atoms with Gasteiger partial charge < -0.3 is 19.9 Å². The molecule has 2 aliphatic rings. The second-order valence-corrected chi connectivity index (χ2v) is 5.66. The van der Waals surface area contributed by atoms with E-state index < -0.39 is 0 Å². The number of hydrogen-bond donors (Lipinski definition) is 1. The van der Waals surface area contributed by atoms with Crippen molar-refractivity contribution in [3.05, 3.63) is 24.3 Å². The van der Waals surface area contributed by atoms with Crippen LogP contribution >= 0.6 is 0 Å². The van der Waals surface area contributed by atoms with Gasteiger partial charge in [-0.2, -0.15) is 0 Å². The van der Waals surface area contributed by atoms with E-state index in [1.54, 1.807) is 7.11 Å². The molecule has 5 nitrogen and oxygen atoms in total. The molecule has 0 saturated carbocycles. The Balaban J connectivity index is 1.58. The van der Waals surface area contributed by atoms with E-state index in [9.17, 15) is 4.79 Å². The molecule has 1 atom stereocenters. The van der Waals surface area contributed by atoms with Gasteiger partial charge in [0, 0.05) is 37.9 Å². The van der Waals surface area contributed by atoms with Crippen molar-refractivity contribution in [1.82, 2.24) is 10.2 Å². The lowest BCUT2D eigenvalue weighted by atomic mass is 10.1. The zero-order valence-electron chi connectivity index (χ0n) is 12.5. The second kappa shape index (κ2) is 6.35. The Morgan fingerprint density at radius 3 is 2.76 bits per heavy atom. The van der Waals surface area contributed by atoms with E-state index in [4.69, 9.17) is 4.74 Å². The van der Waals surface area contributed by atoms with Gasteiger partial charge in [-0.25, -0.2) is 0 Å². The molecule has 0 spiro atoms. The van der Waals surface area contributed by atoms with Crippen LogP contribution in [0.2, 0.25) is 0 Å². The molecule has 1 aromatic carbocycles. The van der Waals surface area contributed by atoms with Gasteiger partial charge in [0.15, 0.2) is 0 Å². The van der Waals surface area contributed by atoms with Crippen molar-refractivity contribution in [3.63, 3.8) is 0 Å². The van der Waals surface area contributed by atoms with Crippen molar-refractivity contribution in [2.24, 2.45) is 0 Å². The summed E-state index contributed by atoms with van der Waals surface area (Å²) in [5, 5.41) is 3.29. The van der Waals surface area contributed by atoms with Crippen LogP contribution in [-0.4, -0.2) is 56.7 Å². The third-order valence-electron chi connectivity index (χ3n) is 4.37. The number of methoxy groups -OCH3 is 1. The predicted octanol–water partition coefficient (Wildman–Crippen LogP) is 1.10. The number of benzene rings is 1. The largest absolute Gasteiger partial charge is 0.497 e. The Kier molecular flexibility index (Phi) is 4.29. The number of nitrogens with zero attached hydrogens (tertiary/aromatic N) is 2. The smallest absolute Gasteiger partial charge is 0.239 e. The highest BCUT2D eigenvalue weighted by Crippen LogP contribution is 2.22. The Morgan fingerprint density at radius 1 is 1.29 bits per heavy atom. The topological polar surface area (TPSA) is 44.8 Å². The Labute approximate surface area is 125 Å². The molecule has 1 N–H and O–H groups in total. The summed E-state index contributed by atoms with van der Waals surface area (Å²) in [6.45, 7) is 4.33. The molecular formula is C16H23N3O2. The van der Waals surface area contributed by atoms with Crippen LogP contribution in [0.25, 0.3) is 0 Å². The maximum atomic E-state index is 12.4. The first-order valence-corrected chi connectivity index (χ1v) is 7.69. The highest BCUT2D eigenvalue weighted by Gasteiger charge is 2.29. The highest BCUT2D eigenvalue weighted by molar-refractivity contribution is 5.82. The van der Waals surface area contributed by atoms with Crippen molar-refractivity contribution in [2.75, 3.05) is 44.7 Å². The molecule has 1 amide bonds. The summed E-state index contributed by atoms with van der Waals surface area (Å²) in [5.41, 5.74) is 1.17. The molecule has 0 aliphatic carbocycles. The maximum absolute atomic E-state index is 12.4. The lowest BCUT2D eigenvalue weighted by Crippen LogP contribution is -2.53. The SMILES string of the molecule is COc1cccc(N2CCN(C(=O)C3CCCN3)CC2)c1. The molecular weight excluding hydrogens is 266 g/mol. The molecule has 2 fully saturated rings. The van der Waals surface area contributed by atoms with Gasteiger partial charge >= 0.3 is 0 Å². The summed E-state index contributed by atoms with van der Waals surface area (Å²) in [6.07, 6.45) is 2.09. The Morgan fingerprint density at radius 2 is 2.10 bits per heavy atom. The number of hydrogen-bond acceptors (Lipinski definition) is 4. The van der Waals surface area contributed by atoms with Gasteiger partial charge in [0.1, 0.15) is 5.75 Å². The van der Waals surface area contributed by atoms with Crippen LogP contribution in [0.3, 0.4) is 0 Å². The third-order valence-corrected chi connectivity index (χ3v) is 4.37. The van der Waals surface area contributed by atoms with Gasteiger partial charge in [-0.1, -0.05) is 6.07 Å². The molecule has 0 aromatic heterocycles. The zero-order chi connectivity index (χ0) is 14.7. The molecule has 0 bridgehead atoms. The molecule has 1 aromatic rings. The van der Waals surface area contributed by atoms with Crippen LogP contribution in [0.15, 0.2) is 24.3 Å². The van der Waals surface area contributed by atoms with E-state index in [2.05, 4.69) is 22.3 Å². The quantitative estimate of drug-likeness (QED) is 0.905. The van der Waals surface area contributed by atoms with Crippen molar-refractivity contribution in [3.8, 4) is 5.75 Å². The van der Waals surface area contributed by atoms with Gasteiger partial charge in [0.2, 0.25) is 5.91 Å². The summed E-state index contributed by atoms with van der Waals surface area (Å²) in [4.78, 5) is 16.7. The molecule has 114 valence electrons. The van der Waals surface area contributed by atoms with Crippen molar-refractivity contribution >= 4 is 11.6 Å². The van der Waals surface area contributed by atoms with Crippen LogP contribution in [0.1, 0.15) is 12.8 Å². The molecule has 2 heterocycles. The summed E-state index contributed by atoms with van der Waals surface area (Å²) < 4.78 is 5.27. The van der Waals surface area contributed by atoms with E-state index >= 15 is 0 Å². The lowest BCUT2D eigenvalue weighted by Gasteiger charge is -2.37. The fourth-order valence-electron chi connectivity index (χ4n) is 3.11. The van der Waals surface area contributed by atoms with Crippen LogP contribution in [0.5, 0.6) is 5.75 Å². The van der Waals surface area contributed by atoms with Crippen molar-refractivity contribution < 1.29 is 9.53 Å². The summed E-state index contributed by atoms with van der Waals surface area (Å²) in [5.74, 6) is 1.15. The fraction of sp³-hybridized carbons (Fsp3) is 0.562. The first-order chi connectivity index (χ1) is 10.3. The third kappa shape index (κ3) is 3.13. The van der Waals surface area contributed by atoms with Gasteiger partial charge in [-0.3, -0.25) is 4.79 Å². The number of carbonyl (C=O) groups is 1. The van der Waals surface area contributed by atoms with E-state index in [-0.39, 0.29) is 11.9 Å². The summed E-state index contributed by atoms with van der Waals surface area (Å²) in [7, 11) is 1.68. The summed E-state index contributed by atoms with van der Waals surface area (Å²) >= 11 is 0. The van der Waals surface area contributed by atoms with Gasteiger partial charge in [-0.05, 0) is 31.5 Å². The van der Waals surface area contributed by atoms with Crippen LogP contribution < -0.4 is 15.0 Å². The predicted molar refractivity (Wildman–Crippen MR) is 82.8 cm³/mol. The van der Waals surface area contributed by atoms with Crippen LogP contribution in [-0.2, 0) is 4.79 Å². The van der Waals surface area contributed by atoms with Crippen LogP contribution in [0, 0.1) is 0 Å². The Bertz CT molecular complexity index is 492. The van der Waals surface area contributed by atoms with Gasteiger partial charge in [0.25, 0.3) is 0 Å². The summed E-state index contributed by atoms with van der Waals surface area (Å²) in [6, 6.07) is 8.16. The zero-order valence-corrected chi connectivity index (χ0v) is 12.5. The number of rotatable bonds is 3. The molecule has 2 aliphatic heterocycles. The number of ether oxygens (including phenoxy) is 1. The number of nitrogens with one attached hydrogen (secondary N) is 1. The minimum atomic E-state index is 0.0494. The van der Waals surface area contributed by atoms with Crippen LogP contribution in [0.4, 0.5) is 5.69 Å². The monoisotopic (exact) mass is 289 g/mol. The molecule has 3 rings (SSSR count). The molecule has 1 unspecified atom stereocenters. The van der Waals surface area contributed by atoms with E-state index in [1.807, 2.05) is 17.0 Å². The number of carbonyl (C=O) groups excluding carboxylic acids is 1. The molecule has 0 radical (unpaired) electrons. The standard InChI is InChI=1S/C16H23N3O2/c1-21-14-5-2-4-13(12-14)18-8-10-19(11-9-18)16(20)15-6-3-7-17-15/h2,4-5,12,15,17H,3,6-11H2,1H3. The molecule has 2 saturated heterocycles. The van der Waals surface area contributed by atoms with E-state index in [0.717, 1.165) is 51.3 Å². The first-order valence-electron chi connectivity index (χ1n) is 7.69. The van der Waals surface area contributed by atoms with Gasteiger partial charge in [-0.15, -0.1) is 0 Å². The average Bonchev–Trinajstić information content (AvgIpc) is 3.09. The maximum Gasteiger partial charge on any atom is 0.239 e. The lowest BCUT2D eigenvalue weighted by molar-refractivity contribution is -0.133. The molecule has 5 heteroatoms. The van der Waals surface area contributed by atoms with Crippen molar-refractivity contribution in [1.29, 1.82) is 0 Å². The fourth-order valence-corrected chi connectivity index (χ4v) is 3.11. The second-order valence-electron chi connectivity index (χ2n) is 5.66. The first kappa shape index (κ1) is 14.2. The number of piperazine rings is 1. The van der Waals surface area contributed by atoms with Crippen molar-refractivity contribution in [2.45, 2.75) is 18.9 Å². The molecule has 21 heavy (non-hydrogen) atoms. The van der Waals surface area contributed by atoms with Gasteiger partial charge in [0.05, 0.1) is 13.2 Å². The Hall–Kier alpha value is -1.75. The van der Waals surface area contributed by atoms with E-state index in [1.165, 1.54) is 5.69 Å². The minimum absolute atomic E-state index is 0.0494. The van der Waals surface area contributed by atoms with E-state index in [0.29, 0.717) is 0 Å². The number of amides is 1. The average molecular weight is 289 g/mol. The normalized spacial score (nSPS) is 22.4. The highest BCUT2D eigenvalue weighted by atomic mass is 16.5. The minimum Gasteiger partial charge on any atom is -0.497 e. The number of anilines is 1.